The first-order valence-electron chi connectivity index (χ1n) is 5.99. The minimum Gasteiger partial charge on any atom is -0.384 e. The van der Waals surface area contributed by atoms with Gasteiger partial charge >= 0.3 is 0 Å². The normalized spacial score (nSPS) is 14.6. The molecular formula is C14H23N. The average Bonchev–Trinajstić information content (AvgIpc) is 2.28. The molecule has 1 atom stereocenters. The zero-order valence-electron chi connectivity index (χ0n) is 10.2. The highest BCUT2D eigenvalue weighted by Crippen LogP contribution is 2.27. The van der Waals surface area contributed by atoms with Gasteiger partial charge in [0.1, 0.15) is 0 Å². The van der Waals surface area contributed by atoms with Gasteiger partial charge in [0.25, 0.3) is 0 Å². The predicted molar refractivity (Wildman–Crippen MR) is 68.2 cm³/mol. The molecule has 0 fully saturated rings. The van der Waals surface area contributed by atoms with Crippen LogP contribution in [-0.4, -0.2) is 6.54 Å². The van der Waals surface area contributed by atoms with Crippen molar-refractivity contribution in [3.05, 3.63) is 30.3 Å². The summed E-state index contributed by atoms with van der Waals surface area (Å²) in [6.07, 6.45) is 3.80. The van der Waals surface area contributed by atoms with Crippen molar-refractivity contribution in [1.29, 1.82) is 0 Å². The molecule has 0 bridgehead atoms. The van der Waals surface area contributed by atoms with Crippen molar-refractivity contribution in [2.24, 2.45) is 5.41 Å². The van der Waals surface area contributed by atoms with E-state index in [9.17, 15) is 0 Å². The van der Waals surface area contributed by atoms with Gasteiger partial charge in [-0.15, -0.1) is 0 Å². The summed E-state index contributed by atoms with van der Waals surface area (Å²) in [5.41, 5.74) is 1.66. The fourth-order valence-corrected chi connectivity index (χ4v) is 1.87. The van der Waals surface area contributed by atoms with Crippen LogP contribution in [0, 0.1) is 5.41 Å². The first kappa shape index (κ1) is 12.1. The van der Waals surface area contributed by atoms with Gasteiger partial charge in [0, 0.05) is 12.2 Å². The summed E-state index contributed by atoms with van der Waals surface area (Å²) in [4.78, 5) is 0. The van der Waals surface area contributed by atoms with Gasteiger partial charge in [-0.25, -0.2) is 0 Å². The quantitative estimate of drug-likeness (QED) is 0.729. The monoisotopic (exact) mass is 205 g/mol. The molecule has 0 saturated carbocycles. The van der Waals surface area contributed by atoms with E-state index in [-0.39, 0.29) is 0 Å². The Balaban J connectivity index is 2.47. The second-order valence-electron chi connectivity index (χ2n) is 4.63. The maximum Gasteiger partial charge on any atom is 0.0340 e. The summed E-state index contributed by atoms with van der Waals surface area (Å²) >= 11 is 0. The fraction of sp³-hybridized carbons (Fsp3) is 0.571. The van der Waals surface area contributed by atoms with Crippen molar-refractivity contribution in [3.63, 3.8) is 0 Å². The van der Waals surface area contributed by atoms with Gasteiger partial charge in [-0.05, 0) is 30.4 Å². The molecule has 1 unspecified atom stereocenters. The Bertz CT molecular complexity index is 268. The van der Waals surface area contributed by atoms with Crippen LogP contribution >= 0.6 is 0 Å². The van der Waals surface area contributed by atoms with E-state index in [4.69, 9.17) is 0 Å². The lowest BCUT2D eigenvalue weighted by atomic mass is 9.83. The third-order valence-electron chi connectivity index (χ3n) is 3.20. The molecule has 0 aliphatic rings. The highest BCUT2D eigenvalue weighted by atomic mass is 14.9. The summed E-state index contributed by atoms with van der Waals surface area (Å²) in [6.45, 7) is 7.98. The fourth-order valence-electron chi connectivity index (χ4n) is 1.87. The van der Waals surface area contributed by atoms with Crippen molar-refractivity contribution in [3.8, 4) is 0 Å². The molecule has 0 amide bonds. The Hall–Kier alpha value is -0.980. The number of anilines is 1. The molecule has 1 nitrogen and oxygen atoms in total. The maximum atomic E-state index is 3.52. The van der Waals surface area contributed by atoms with Crippen LogP contribution in [0.2, 0.25) is 0 Å². The SMILES string of the molecule is CCCC(C)(CC)CNc1ccccc1. The molecule has 0 spiro atoms. The number of nitrogens with one attached hydrogen (secondary N) is 1. The van der Waals surface area contributed by atoms with Crippen molar-refractivity contribution in [1.82, 2.24) is 0 Å². The highest BCUT2D eigenvalue weighted by Gasteiger charge is 2.20. The molecule has 1 N–H and O–H groups in total. The second-order valence-corrected chi connectivity index (χ2v) is 4.63. The van der Waals surface area contributed by atoms with E-state index < -0.39 is 0 Å². The molecule has 15 heavy (non-hydrogen) atoms. The van der Waals surface area contributed by atoms with Crippen LogP contribution in [0.3, 0.4) is 0 Å². The first-order valence-corrected chi connectivity index (χ1v) is 5.99. The third kappa shape index (κ3) is 3.94. The summed E-state index contributed by atoms with van der Waals surface area (Å²) in [5.74, 6) is 0. The van der Waals surface area contributed by atoms with Crippen molar-refractivity contribution < 1.29 is 0 Å². The van der Waals surface area contributed by atoms with E-state index in [0.717, 1.165) is 6.54 Å². The summed E-state index contributed by atoms with van der Waals surface area (Å²) in [5, 5.41) is 3.52. The molecule has 1 rings (SSSR count). The first-order chi connectivity index (χ1) is 7.20. The molecule has 84 valence electrons. The molecule has 0 saturated heterocycles. The predicted octanol–water partition coefficient (Wildman–Crippen LogP) is 4.31. The number of hydrogen-bond acceptors (Lipinski definition) is 1. The van der Waals surface area contributed by atoms with E-state index in [1.807, 2.05) is 0 Å². The minimum atomic E-state index is 0.435. The van der Waals surface area contributed by atoms with Gasteiger partial charge in [0.15, 0.2) is 0 Å². The topological polar surface area (TPSA) is 12.0 Å². The third-order valence-corrected chi connectivity index (χ3v) is 3.20. The molecule has 0 aromatic heterocycles. The minimum absolute atomic E-state index is 0.435. The van der Waals surface area contributed by atoms with Gasteiger partial charge in [0.2, 0.25) is 0 Å². The summed E-state index contributed by atoms with van der Waals surface area (Å²) < 4.78 is 0. The Labute approximate surface area is 93.9 Å². The van der Waals surface area contributed by atoms with Crippen molar-refractivity contribution in [2.45, 2.75) is 40.0 Å². The largest absolute Gasteiger partial charge is 0.384 e. The maximum absolute atomic E-state index is 3.52. The molecule has 1 aromatic carbocycles. The summed E-state index contributed by atoms with van der Waals surface area (Å²) in [7, 11) is 0. The highest BCUT2D eigenvalue weighted by molar-refractivity contribution is 5.42. The van der Waals surface area contributed by atoms with Crippen LogP contribution in [0.25, 0.3) is 0 Å². The van der Waals surface area contributed by atoms with Crippen molar-refractivity contribution in [2.75, 3.05) is 11.9 Å². The summed E-state index contributed by atoms with van der Waals surface area (Å²) in [6, 6.07) is 10.5. The Morgan fingerprint density at radius 1 is 1.13 bits per heavy atom. The average molecular weight is 205 g/mol. The second kappa shape index (κ2) is 5.79. The van der Waals surface area contributed by atoms with E-state index in [2.05, 4.69) is 56.4 Å². The van der Waals surface area contributed by atoms with E-state index >= 15 is 0 Å². The van der Waals surface area contributed by atoms with Crippen LogP contribution < -0.4 is 5.32 Å². The van der Waals surface area contributed by atoms with E-state index in [1.54, 1.807) is 0 Å². The molecule has 1 heteroatoms. The number of benzene rings is 1. The Morgan fingerprint density at radius 2 is 1.80 bits per heavy atom. The van der Waals surface area contributed by atoms with Crippen LogP contribution in [0.1, 0.15) is 40.0 Å². The molecule has 1 aromatic rings. The van der Waals surface area contributed by atoms with Gasteiger partial charge in [0.05, 0.1) is 0 Å². The Kier molecular flexibility index (Phi) is 4.67. The van der Waals surface area contributed by atoms with E-state index in [0.29, 0.717) is 5.41 Å². The zero-order valence-corrected chi connectivity index (χ0v) is 10.2. The molecule has 0 aliphatic carbocycles. The smallest absolute Gasteiger partial charge is 0.0340 e. The van der Waals surface area contributed by atoms with Gasteiger partial charge in [-0.1, -0.05) is 45.4 Å². The lowest BCUT2D eigenvalue weighted by Crippen LogP contribution is -2.25. The van der Waals surface area contributed by atoms with E-state index in [1.165, 1.54) is 24.9 Å². The molecular weight excluding hydrogens is 182 g/mol. The lowest BCUT2D eigenvalue weighted by molar-refractivity contribution is 0.303. The number of hydrogen-bond donors (Lipinski definition) is 1. The standard InChI is InChI=1S/C14H23N/c1-4-11-14(3,5-2)12-15-13-9-7-6-8-10-13/h6-10,15H,4-5,11-12H2,1-3H3. The Morgan fingerprint density at radius 3 is 2.33 bits per heavy atom. The molecule has 0 aliphatic heterocycles. The van der Waals surface area contributed by atoms with Gasteiger partial charge < -0.3 is 5.32 Å². The van der Waals surface area contributed by atoms with Crippen LogP contribution in [0.5, 0.6) is 0 Å². The van der Waals surface area contributed by atoms with Crippen LogP contribution in [0.15, 0.2) is 30.3 Å². The van der Waals surface area contributed by atoms with Crippen molar-refractivity contribution >= 4 is 5.69 Å². The van der Waals surface area contributed by atoms with Gasteiger partial charge in [-0.2, -0.15) is 0 Å². The van der Waals surface area contributed by atoms with Crippen LogP contribution in [0.4, 0.5) is 5.69 Å². The number of rotatable bonds is 6. The molecule has 0 radical (unpaired) electrons. The lowest BCUT2D eigenvalue weighted by Gasteiger charge is -2.28. The van der Waals surface area contributed by atoms with Crippen LogP contribution in [-0.2, 0) is 0 Å². The van der Waals surface area contributed by atoms with Gasteiger partial charge in [-0.3, -0.25) is 0 Å². The number of para-hydroxylation sites is 1. The molecule has 0 heterocycles. The zero-order chi connectivity index (χ0) is 11.1.